The van der Waals surface area contributed by atoms with Crippen molar-refractivity contribution in [3.63, 3.8) is 0 Å². The Bertz CT molecular complexity index is 820. The van der Waals surface area contributed by atoms with E-state index < -0.39 is 5.97 Å². The number of aliphatic carboxylic acids is 1. The van der Waals surface area contributed by atoms with Crippen LogP contribution in [0.3, 0.4) is 0 Å². The quantitative estimate of drug-likeness (QED) is 0.384. The lowest BCUT2D eigenvalue weighted by atomic mass is 9.42. The van der Waals surface area contributed by atoms with E-state index in [-0.39, 0.29) is 41.5 Å². The highest BCUT2D eigenvalue weighted by Gasteiger charge is 2.65. The second kappa shape index (κ2) is 10.3. The summed E-state index contributed by atoms with van der Waals surface area (Å²) in [6.07, 6.45) is 13.4. The molecule has 6 unspecified atom stereocenters. The highest BCUT2D eigenvalue weighted by atomic mass is 16.7. The predicted octanol–water partition coefficient (Wildman–Crippen LogP) is 6.87. The minimum atomic E-state index is -0.688. The van der Waals surface area contributed by atoms with Crippen molar-refractivity contribution in [2.75, 3.05) is 6.61 Å². The Morgan fingerprint density at radius 3 is 2.50 bits per heavy atom. The monoisotopic (exact) mass is 502 g/mol. The molecule has 11 atom stereocenters. The van der Waals surface area contributed by atoms with Gasteiger partial charge in [-0.15, -0.1) is 0 Å². The summed E-state index contributed by atoms with van der Waals surface area (Å²) < 4.78 is 12.4. The highest BCUT2D eigenvalue weighted by Crippen LogP contribution is 2.68. The van der Waals surface area contributed by atoms with Gasteiger partial charge in [0.25, 0.3) is 0 Å². The number of fused-ring (bicyclic) bond motifs is 5. The van der Waals surface area contributed by atoms with Gasteiger partial charge in [-0.05, 0) is 117 Å². The van der Waals surface area contributed by atoms with Gasteiger partial charge in [0.2, 0.25) is 0 Å². The molecule has 0 aromatic heterocycles. The number of Topliss-reactive ketones (excluding diaryl/α,β-unsaturated/α-hetero) is 1. The molecule has 1 saturated heterocycles. The van der Waals surface area contributed by atoms with Crippen molar-refractivity contribution in [2.24, 2.45) is 52.3 Å². The third-order valence-electron chi connectivity index (χ3n) is 12.2. The Kier molecular flexibility index (Phi) is 7.64. The maximum Gasteiger partial charge on any atom is 0.303 e. The van der Waals surface area contributed by atoms with Crippen LogP contribution in [0.25, 0.3) is 0 Å². The number of carboxylic acid groups (broad SMARTS) is 1. The molecule has 1 aliphatic heterocycles. The van der Waals surface area contributed by atoms with E-state index in [0.717, 1.165) is 64.4 Å². The van der Waals surface area contributed by atoms with E-state index in [1.807, 2.05) is 0 Å². The van der Waals surface area contributed by atoms with Crippen molar-refractivity contribution in [3.05, 3.63) is 0 Å². The van der Waals surface area contributed by atoms with E-state index in [4.69, 9.17) is 9.47 Å². The lowest BCUT2D eigenvalue weighted by Crippen LogP contribution is -2.61. The number of hydrogen-bond donors (Lipinski definition) is 1. The first-order valence-corrected chi connectivity index (χ1v) is 15.2. The van der Waals surface area contributed by atoms with Crippen molar-refractivity contribution in [2.45, 2.75) is 124 Å². The third kappa shape index (κ3) is 4.48. The molecule has 36 heavy (non-hydrogen) atoms. The van der Waals surface area contributed by atoms with Gasteiger partial charge in [-0.3, -0.25) is 9.59 Å². The summed E-state index contributed by atoms with van der Waals surface area (Å²) in [5, 5.41) is 9.24. The fraction of sp³-hybridized carbons (Fsp3) is 0.935. The summed E-state index contributed by atoms with van der Waals surface area (Å²) in [6.45, 7) is 10.3. The van der Waals surface area contributed by atoms with E-state index in [2.05, 4.69) is 27.7 Å². The van der Waals surface area contributed by atoms with E-state index in [1.165, 1.54) is 19.3 Å². The van der Waals surface area contributed by atoms with Gasteiger partial charge in [-0.25, -0.2) is 0 Å². The fourth-order valence-electron chi connectivity index (χ4n) is 10.3. The van der Waals surface area contributed by atoms with E-state index in [9.17, 15) is 14.7 Å². The summed E-state index contributed by atoms with van der Waals surface area (Å²) in [5.41, 5.74) is 0.399. The highest BCUT2D eigenvalue weighted by molar-refractivity contribution is 5.86. The minimum absolute atomic E-state index is 0.0471. The van der Waals surface area contributed by atoms with Crippen LogP contribution in [0.1, 0.15) is 111 Å². The van der Waals surface area contributed by atoms with Gasteiger partial charge in [-0.1, -0.05) is 27.7 Å². The van der Waals surface area contributed by atoms with Gasteiger partial charge >= 0.3 is 5.97 Å². The molecule has 0 aromatic carbocycles. The standard InChI is InChI=1S/C31H50O5/c1-5-21-25-18-20(36-27-8-6-7-17-35-27)13-15-31(25,4)24-14-16-30(3)22(19(2)9-12-26(32)33)10-11-23(30)28(24)29(21)34/h19-25,27-28H,5-18H2,1-4H3,(H,32,33)/t19-,20-,21?,22?,23?,24?,25?,27?,28-,30-,31-/m1/s1. The predicted molar refractivity (Wildman–Crippen MR) is 139 cm³/mol. The van der Waals surface area contributed by atoms with Crippen molar-refractivity contribution in [1.29, 1.82) is 0 Å². The summed E-state index contributed by atoms with van der Waals surface area (Å²) in [5.74, 6) is 2.57. The maximum atomic E-state index is 14.3. The molecular formula is C31H50O5. The first kappa shape index (κ1) is 26.7. The van der Waals surface area contributed by atoms with E-state index in [1.54, 1.807) is 0 Å². The zero-order valence-corrected chi connectivity index (χ0v) is 23.2. The summed E-state index contributed by atoms with van der Waals surface area (Å²) >= 11 is 0. The van der Waals surface area contributed by atoms with Crippen LogP contribution in [0, 0.1) is 52.3 Å². The SMILES string of the molecule is CCC1C(=O)[C@H]2C(CC[C@@]3(C)C2CCC3[C@H](C)CCC(=O)O)[C@@]2(C)CC[C@@H](OC3CCCCO3)CC12. The zero-order valence-electron chi connectivity index (χ0n) is 23.2. The summed E-state index contributed by atoms with van der Waals surface area (Å²) in [7, 11) is 0. The fourth-order valence-corrected chi connectivity index (χ4v) is 10.3. The van der Waals surface area contributed by atoms with Gasteiger partial charge in [-0.2, -0.15) is 0 Å². The van der Waals surface area contributed by atoms with Crippen molar-refractivity contribution >= 4 is 11.8 Å². The lowest BCUT2D eigenvalue weighted by Gasteiger charge is -2.62. The molecule has 5 aliphatic rings. The molecule has 5 heteroatoms. The van der Waals surface area contributed by atoms with E-state index >= 15 is 0 Å². The number of carbonyl (C=O) groups excluding carboxylic acids is 1. The van der Waals surface area contributed by atoms with Crippen LogP contribution < -0.4 is 0 Å². The van der Waals surface area contributed by atoms with Gasteiger partial charge < -0.3 is 14.6 Å². The van der Waals surface area contributed by atoms with Crippen LogP contribution >= 0.6 is 0 Å². The molecule has 0 spiro atoms. The van der Waals surface area contributed by atoms with Gasteiger partial charge in [0, 0.05) is 24.9 Å². The molecule has 5 rings (SSSR count). The molecule has 0 aromatic rings. The third-order valence-corrected chi connectivity index (χ3v) is 12.2. The van der Waals surface area contributed by atoms with E-state index in [0.29, 0.717) is 35.4 Å². The van der Waals surface area contributed by atoms with Crippen molar-refractivity contribution < 1.29 is 24.2 Å². The molecular weight excluding hydrogens is 452 g/mol. The number of rotatable bonds is 7. The average molecular weight is 503 g/mol. The van der Waals surface area contributed by atoms with Crippen LogP contribution in [-0.2, 0) is 19.1 Å². The molecule has 0 radical (unpaired) electrons. The molecule has 0 amide bonds. The second-order valence-corrected chi connectivity index (χ2v) is 13.7. The molecule has 5 fully saturated rings. The molecule has 1 N–H and O–H groups in total. The average Bonchev–Trinajstić information content (AvgIpc) is 3.21. The topological polar surface area (TPSA) is 72.8 Å². The summed E-state index contributed by atoms with van der Waals surface area (Å²) in [6, 6.07) is 0. The van der Waals surface area contributed by atoms with Crippen molar-refractivity contribution in [1.82, 2.24) is 0 Å². The lowest BCUT2D eigenvalue weighted by molar-refractivity contribution is -0.216. The first-order valence-electron chi connectivity index (χ1n) is 15.2. The number of ether oxygens (including phenoxy) is 2. The normalized spacial score (nSPS) is 47.5. The number of carbonyl (C=O) groups is 2. The Hall–Kier alpha value is -0.940. The first-order chi connectivity index (χ1) is 17.2. The second-order valence-electron chi connectivity index (χ2n) is 13.7. The molecule has 5 nitrogen and oxygen atoms in total. The Morgan fingerprint density at radius 2 is 1.81 bits per heavy atom. The molecule has 204 valence electrons. The van der Waals surface area contributed by atoms with Crippen LogP contribution in [0.2, 0.25) is 0 Å². The van der Waals surface area contributed by atoms with Gasteiger partial charge in [0.15, 0.2) is 6.29 Å². The summed E-state index contributed by atoms with van der Waals surface area (Å²) in [4.78, 5) is 25.5. The van der Waals surface area contributed by atoms with Crippen LogP contribution in [0.5, 0.6) is 0 Å². The smallest absolute Gasteiger partial charge is 0.303 e. The number of hydrogen-bond acceptors (Lipinski definition) is 4. The van der Waals surface area contributed by atoms with Crippen LogP contribution in [-0.4, -0.2) is 35.9 Å². The van der Waals surface area contributed by atoms with Crippen LogP contribution in [0.4, 0.5) is 0 Å². The Labute approximate surface area is 218 Å². The van der Waals surface area contributed by atoms with Gasteiger partial charge in [0.05, 0.1) is 6.10 Å². The molecule has 4 aliphatic carbocycles. The minimum Gasteiger partial charge on any atom is -0.481 e. The number of ketones is 1. The van der Waals surface area contributed by atoms with Gasteiger partial charge in [0.1, 0.15) is 5.78 Å². The molecule has 1 heterocycles. The molecule has 0 bridgehead atoms. The Morgan fingerprint density at radius 1 is 1.06 bits per heavy atom. The number of carboxylic acids is 1. The van der Waals surface area contributed by atoms with Crippen molar-refractivity contribution in [3.8, 4) is 0 Å². The maximum absolute atomic E-state index is 14.3. The van der Waals surface area contributed by atoms with Crippen LogP contribution in [0.15, 0.2) is 0 Å². The largest absolute Gasteiger partial charge is 0.481 e. The zero-order chi connectivity index (χ0) is 25.7. The Balaban J connectivity index is 1.34. The molecule has 4 saturated carbocycles.